The van der Waals surface area contributed by atoms with Gasteiger partial charge in [-0.2, -0.15) is 5.10 Å². The van der Waals surface area contributed by atoms with E-state index in [0.29, 0.717) is 6.54 Å². The molecule has 0 unspecified atom stereocenters. The van der Waals surface area contributed by atoms with Crippen LogP contribution in [-0.2, 0) is 25.0 Å². The van der Waals surface area contributed by atoms with Crippen LogP contribution in [0.15, 0.2) is 38.0 Å². The van der Waals surface area contributed by atoms with Gasteiger partial charge in [0.25, 0.3) is 0 Å². The first kappa shape index (κ1) is 17.6. The SMILES string of the molecule is Cc1nc(Cn2nc3n(c(=O)c2=O)CC[C@@]32CCN(Cc3ccoc3)C2)cs1. The molecule has 5 rings (SSSR count). The molecule has 3 aromatic rings. The van der Waals surface area contributed by atoms with Crippen molar-refractivity contribution < 1.29 is 4.42 Å². The number of nitrogens with zero attached hydrogens (tertiary/aromatic N) is 5. The molecule has 0 N–H and O–H groups in total. The molecule has 1 saturated heterocycles. The summed E-state index contributed by atoms with van der Waals surface area (Å²) in [7, 11) is 0. The summed E-state index contributed by atoms with van der Waals surface area (Å²) in [6.07, 6.45) is 5.23. The van der Waals surface area contributed by atoms with Crippen LogP contribution in [0.3, 0.4) is 0 Å². The molecule has 0 saturated carbocycles. The molecular weight excluding hydrogens is 378 g/mol. The minimum absolute atomic E-state index is 0.170. The van der Waals surface area contributed by atoms with Crippen molar-refractivity contribution in [2.45, 2.75) is 44.8 Å². The number of thiazole rings is 1. The van der Waals surface area contributed by atoms with Crippen LogP contribution in [0, 0.1) is 6.92 Å². The second-order valence-corrected chi connectivity index (χ2v) is 8.79. The molecule has 1 atom stereocenters. The predicted octanol–water partition coefficient (Wildman–Crippen LogP) is 1.36. The van der Waals surface area contributed by atoms with E-state index in [9.17, 15) is 9.59 Å². The average Bonchev–Trinajstić information content (AvgIpc) is 3.45. The maximum absolute atomic E-state index is 12.7. The molecule has 3 aromatic heterocycles. The predicted molar refractivity (Wildman–Crippen MR) is 104 cm³/mol. The van der Waals surface area contributed by atoms with Gasteiger partial charge in [0.05, 0.1) is 29.8 Å². The van der Waals surface area contributed by atoms with Crippen molar-refractivity contribution in [3.05, 3.63) is 66.8 Å². The molecule has 0 radical (unpaired) electrons. The molecule has 28 heavy (non-hydrogen) atoms. The van der Waals surface area contributed by atoms with Gasteiger partial charge in [0, 0.05) is 36.0 Å². The zero-order valence-electron chi connectivity index (χ0n) is 15.6. The van der Waals surface area contributed by atoms with E-state index >= 15 is 0 Å². The number of hydrogen-bond donors (Lipinski definition) is 0. The Morgan fingerprint density at radius 1 is 1.21 bits per heavy atom. The molecular formula is C19H21N5O3S. The van der Waals surface area contributed by atoms with Crippen LogP contribution in [0.4, 0.5) is 0 Å². The lowest BCUT2D eigenvalue weighted by Crippen LogP contribution is -2.45. The van der Waals surface area contributed by atoms with E-state index in [-0.39, 0.29) is 12.0 Å². The van der Waals surface area contributed by atoms with Crippen molar-refractivity contribution in [2.24, 2.45) is 0 Å². The molecule has 0 aliphatic carbocycles. The van der Waals surface area contributed by atoms with Crippen molar-refractivity contribution in [1.82, 2.24) is 24.2 Å². The third-order valence-electron chi connectivity index (χ3n) is 5.82. The van der Waals surface area contributed by atoms with Crippen LogP contribution in [0.5, 0.6) is 0 Å². The van der Waals surface area contributed by atoms with Gasteiger partial charge in [-0.05, 0) is 32.4 Å². The summed E-state index contributed by atoms with van der Waals surface area (Å²) in [5.74, 6) is 0.749. The monoisotopic (exact) mass is 399 g/mol. The Kier molecular flexibility index (Phi) is 4.09. The Morgan fingerprint density at radius 2 is 2.07 bits per heavy atom. The molecule has 9 heteroatoms. The Labute approximate surface area is 165 Å². The molecule has 0 bridgehead atoms. The zero-order valence-corrected chi connectivity index (χ0v) is 16.4. The second-order valence-electron chi connectivity index (χ2n) is 7.72. The highest BCUT2D eigenvalue weighted by Gasteiger charge is 2.47. The van der Waals surface area contributed by atoms with Crippen molar-refractivity contribution >= 4 is 11.3 Å². The second kappa shape index (κ2) is 6.52. The van der Waals surface area contributed by atoms with Gasteiger partial charge < -0.3 is 4.42 Å². The maximum Gasteiger partial charge on any atom is 0.332 e. The first-order valence-electron chi connectivity index (χ1n) is 9.41. The standard InChI is InChI=1S/C19H21N5O3S/c1-13-20-15(11-28-13)9-24-17(26)16(25)23-6-4-19(18(23)21-24)3-5-22(12-19)8-14-2-7-27-10-14/h2,7,10-11H,3-6,8-9,12H2,1H3/t19-/m1/s1. The van der Waals surface area contributed by atoms with Crippen LogP contribution < -0.4 is 11.1 Å². The minimum atomic E-state index is -0.570. The lowest BCUT2D eigenvalue weighted by atomic mass is 9.85. The zero-order chi connectivity index (χ0) is 19.3. The Hall–Kier alpha value is -2.52. The van der Waals surface area contributed by atoms with Gasteiger partial charge in [-0.1, -0.05) is 0 Å². The van der Waals surface area contributed by atoms with Gasteiger partial charge in [0.15, 0.2) is 0 Å². The summed E-state index contributed by atoms with van der Waals surface area (Å²) in [4.78, 5) is 32.0. The number of rotatable bonds is 4. The third kappa shape index (κ3) is 2.85. The van der Waals surface area contributed by atoms with E-state index < -0.39 is 11.1 Å². The summed E-state index contributed by atoms with van der Waals surface area (Å²) in [5, 5.41) is 7.51. The lowest BCUT2D eigenvalue weighted by molar-refractivity contribution is 0.297. The summed E-state index contributed by atoms with van der Waals surface area (Å²) in [5.41, 5.74) is 0.698. The van der Waals surface area contributed by atoms with Crippen molar-refractivity contribution in [1.29, 1.82) is 0 Å². The number of fused-ring (bicyclic) bond motifs is 2. The third-order valence-corrected chi connectivity index (χ3v) is 6.64. The summed E-state index contributed by atoms with van der Waals surface area (Å²) >= 11 is 1.53. The van der Waals surface area contributed by atoms with Crippen molar-refractivity contribution in [2.75, 3.05) is 13.1 Å². The quantitative estimate of drug-likeness (QED) is 0.616. The number of likely N-dealkylation sites (tertiary alicyclic amines) is 1. The van der Waals surface area contributed by atoms with Crippen molar-refractivity contribution in [3.8, 4) is 0 Å². The molecule has 0 amide bonds. The van der Waals surface area contributed by atoms with Gasteiger partial charge in [-0.25, -0.2) is 9.67 Å². The first-order chi connectivity index (χ1) is 13.5. The van der Waals surface area contributed by atoms with E-state index in [4.69, 9.17) is 4.42 Å². The molecule has 8 nitrogen and oxygen atoms in total. The van der Waals surface area contributed by atoms with Gasteiger partial charge in [-0.3, -0.25) is 19.1 Å². The Morgan fingerprint density at radius 3 is 2.82 bits per heavy atom. The van der Waals surface area contributed by atoms with Crippen LogP contribution in [-0.4, -0.2) is 37.3 Å². The molecule has 2 aliphatic heterocycles. The fraction of sp³-hybridized carbons (Fsp3) is 0.474. The fourth-order valence-electron chi connectivity index (χ4n) is 4.44. The molecule has 1 spiro atoms. The van der Waals surface area contributed by atoms with Crippen LogP contribution in [0.25, 0.3) is 0 Å². The largest absolute Gasteiger partial charge is 0.472 e. The van der Waals surface area contributed by atoms with E-state index in [2.05, 4.69) is 15.0 Å². The number of hydrogen-bond acceptors (Lipinski definition) is 7. The highest BCUT2D eigenvalue weighted by Crippen LogP contribution is 2.40. The van der Waals surface area contributed by atoms with Crippen LogP contribution in [0.1, 0.15) is 34.9 Å². The molecule has 2 aliphatic rings. The van der Waals surface area contributed by atoms with Crippen molar-refractivity contribution in [3.63, 3.8) is 0 Å². The highest BCUT2D eigenvalue weighted by atomic mass is 32.1. The topological polar surface area (TPSA) is 86.2 Å². The van der Waals surface area contributed by atoms with Crippen LogP contribution >= 0.6 is 11.3 Å². The summed E-state index contributed by atoms with van der Waals surface area (Å²) in [6.45, 7) is 5.31. The number of aryl methyl sites for hydroxylation is 1. The van der Waals surface area contributed by atoms with Gasteiger partial charge in [0.1, 0.15) is 5.82 Å². The Balaban J connectivity index is 1.47. The lowest BCUT2D eigenvalue weighted by Gasteiger charge is -2.23. The first-order valence-corrected chi connectivity index (χ1v) is 10.3. The minimum Gasteiger partial charge on any atom is -0.472 e. The highest BCUT2D eigenvalue weighted by molar-refractivity contribution is 7.09. The van der Waals surface area contributed by atoms with E-state index in [0.717, 1.165) is 54.6 Å². The average molecular weight is 399 g/mol. The van der Waals surface area contributed by atoms with E-state index in [1.165, 1.54) is 16.0 Å². The smallest absolute Gasteiger partial charge is 0.332 e. The summed E-state index contributed by atoms with van der Waals surface area (Å²) < 4.78 is 8.06. The van der Waals surface area contributed by atoms with Gasteiger partial charge in [0.2, 0.25) is 0 Å². The summed E-state index contributed by atoms with van der Waals surface area (Å²) in [6, 6.07) is 1.98. The molecule has 5 heterocycles. The van der Waals surface area contributed by atoms with Gasteiger partial charge >= 0.3 is 11.1 Å². The maximum atomic E-state index is 12.7. The molecule has 1 fully saturated rings. The van der Waals surface area contributed by atoms with E-state index in [1.54, 1.807) is 17.1 Å². The molecule has 146 valence electrons. The number of aromatic nitrogens is 4. The fourth-order valence-corrected chi connectivity index (χ4v) is 5.04. The Bertz CT molecular complexity index is 1130. The van der Waals surface area contributed by atoms with E-state index in [1.807, 2.05) is 18.4 Å². The molecule has 0 aromatic carbocycles. The normalized spacial score (nSPS) is 21.6. The number of furan rings is 1. The van der Waals surface area contributed by atoms with Crippen LogP contribution in [0.2, 0.25) is 0 Å². The van der Waals surface area contributed by atoms with Gasteiger partial charge in [-0.15, -0.1) is 11.3 Å².